The number of pyridine rings is 1. The molecule has 3 heteroatoms. The van der Waals surface area contributed by atoms with Gasteiger partial charge in [0.25, 0.3) is 0 Å². The number of hydrogen-bond acceptors (Lipinski definition) is 3. The molecule has 94 valence electrons. The number of hydrogen-bond donors (Lipinski definition) is 1. The van der Waals surface area contributed by atoms with Crippen LogP contribution in [0.3, 0.4) is 0 Å². The van der Waals surface area contributed by atoms with Gasteiger partial charge in [0.15, 0.2) is 0 Å². The van der Waals surface area contributed by atoms with Crippen LogP contribution in [0.15, 0.2) is 18.3 Å². The zero-order valence-corrected chi connectivity index (χ0v) is 11.3. The van der Waals surface area contributed by atoms with Crippen LogP contribution in [0.4, 0.5) is 5.69 Å². The van der Waals surface area contributed by atoms with Crippen molar-refractivity contribution in [3.8, 4) is 0 Å². The molecule has 0 bridgehead atoms. The summed E-state index contributed by atoms with van der Waals surface area (Å²) in [5.74, 6) is 0.661. The number of nitrogens with one attached hydrogen (secondary N) is 1. The monoisotopic (exact) mass is 233 g/mol. The summed E-state index contributed by atoms with van der Waals surface area (Å²) in [7, 11) is 2.07. The fourth-order valence-corrected chi connectivity index (χ4v) is 2.89. The van der Waals surface area contributed by atoms with Gasteiger partial charge in [-0.1, -0.05) is 6.92 Å². The molecule has 0 saturated carbocycles. The van der Waals surface area contributed by atoms with Crippen LogP contribution < -0.4 is 10.2 Å². The van der Waals surface area contributed by atoms with Crippen LogP contribution in [0.5, 0.6) is 0 Å². The molecule has 3 atom stereocenters. The molecule has 3 unspecified atom stereocenters. The van der Waals surface area contributed by atoms with Gasteiger partial charge in [-0.25, -0.2) is 0 Å². The first kappa shape index (κ1) is 12.4. The average molecular weight is 233 g/mol. The van der Waals surface area contributed by atoms with Crippen molar-refractivity contribution in [3.63, 3.8) is 0 Å². The van der Waals surface area contributed by atoms with Crippen LogP contribution in [-0.2, 0) is 0 Å². The van der Waals surface area contributed by atoms with Crippen LogP contribution in [0.25, 0.3) is 0 Å². The van der Waals surface area contributed by atoms with E-state index < -0.39 is 0 Å². The SMILES string of the molecule is CNC1CCN(c2cccnc2C)C(C)C1C. The molecule has 1 aromatic rings. The number of aryl methyl sites for hydroxylation is 1. The standard InChI is InChI=1S/C14H23N3/c1-10-12(3)17(9-7-13(10)15-4)14-6-5-8-16-11(14)2/h5-6,8,10,12-13,15H,7,9H2,1-4H3. The van der Waals surface area contributed by atoms with E-state index in [4.69, 9.17) is 0 Å². The first-order chi connectivity index (χ1) is 8.15. The highest BCUT2D eigenvalue weighted by molar-refractivity contribution is 5.51. The molecular weight excluding hydrogens is 210 g/mol. The summed E-state index contributed by atoms with van der Waals surface area (Å²) in [6.45, 7) is 7.87. The fourth-order valence-electron chi connectivity index (χ4n) is 2.89. The summed E-state index contributed by atoms with van der Waals surface area (Å²) in [6.07, 6.45) is 3.07. The van der Waals surface area contributed by atoms with Crippen LogP contribution in [-0.4, -0.2) is 30.7 Å². The van der Waals surface area contributed by atoms with Crippen molar-refractivity contribution in [2.75, 3.05) is 18.5 Å². The minimum Gasteiger partial charge on any atom is -0.367 e. The molecule has 0 radical (unpaired) electrons. The van der Waals surface area contributed by atoms with E-state index >= 15 is 0 Å². The van der Waals surface area contributed by atoms with Crippen molar-refractivity contribution < 1.29 is 0 Å². The maximum Gasteiger partial charge on any atom is 0.0605 e. The quantitative estimate of drug-likeness (QED) is 0.849. The lowest BCUT2D eigenvalue weighted by Crippen LogP contribution is -2.53. The molecule has 0 spiro atoms. The van der Waals surface area contributed by atoms with E-state index in [1.165, 1.54) is 12.1 Å². The van der Waals surface area contributed by atoms with Gasteiger partial charge in [-0.05, 0) is 45.4 Å². The largest absolute Gasteiger partial charge is 0.367 e. The highest BCUT2D eigenvalue weighted by Gasteiger charge is 2.32. The lowest BCUT2D eigenvalue weighted by Gasteiger charge is -2.44. The van der Waals surface area contributed by atoms with E-state index in [9.17, 15) is 0 Å². The molecule has 1 aliphatic rings. The third kappa shape index (κ3) is 2.29. The second kappa shape index (κ2) is 5.05. The number of nitrogens with zero attached hydrogens (tertiary/aromatic N) is 2. The van der Waals surface area contributed by atoms with E-state index in [2.05, 4.69) is 49.1 Å². The predicted octanol–water partition coefficient (Wildman–Crippen LogP) is 2.21. The van der Waals surface area contributed by atoms with Gasteiger partial charge in [0.1, 0.15) is 0 Å². The fraction of sp³-hybridized carbons (Fsp3) is 0.643. The molecule has 0 aliphatic carbocycles. The molecule has 17 heavy (non-hydrogen) atoms. The Labute approximate surface area is 104 Å². The van der Waals surface area contributed by atoms with Gasteiger partial charge in [0.2, 0.25) is 0 Å². The van der Waals surface area contributed by atoms with Crippen LogP contribution in [0.2, 0.25) is 0 Å². The molecule has 2 heterocycles. The molecule has 1 aromatic heterocycles. The van der Waals surface area contributed by atoms with Crippen LogP contribution >= 0.6 is 0 Å². The first-order valence-corrected chi connectivity index (χ1v) is 6.50. The summed E-state index contributed by atoms with van der Waals surface area (Å²) < 4.78 is 0. The maximum absolute atomic E-state index is 4.40. The van der Waals surface area contributed by atoms with Crippen molar-refractivity contribution in [1.29, 1.82) is 0 Å². The summed E-state index contributed by atoms with van der Waals surface area (Å²) >= 11 is 0. The van der Waals surface area contributed by atoms with Gasteiger partial charge in [-0.15, -0.1) is 0 Å². The smallest absolute Gasteiger partial charge is 0.0605 e. The third-order valence-electron chi connectivity index (χ3n) is 4.23. The molecule has 1 saturated heterocycles. The number of aromatic nitrogens is 1. The molecule has 3 nitrogen and oxygen atoms in total. The molecule has 2 rings (SSSR count). The molecule has 0 aromatic carbocycles. The van der Waals surface area contributed by atoms with Crippen molar-refractivity contribution in [2.24, 2.45) is 5.92 Å². The number of piperidine rings is 1. The summed E-state index contributed by atoms with van der Waals surface area (Å²) in [6, 6.07) is 5.41. The van der Waals surface area contributed by atoms with E-state index in [0.717, 1.165) is 12.2 Å². The molecule has 1 fully saturated rings. The van der Waals surface area contributed by atoms with E-state index in [1.54, 1.807) is 0 Å². The normalized spacial score (nSPS) is 29.4. The van der Waals surface area contributed by atoms with Crippen molar-refractivity contribution >= 4 is 5.69 Å². The maximum atomic E-state index is 4.40. The topological polar surface area (TPSA) is 28.2 Å². The van der Waals surface area contributed by atoms with Gasteiger partial charge in [0.05, 0.1) is 11.4 Å². The second-order valence-corrected chi connectivity index (χ2v) is 5.08. The lowest BCUT2D eigenvalue weighted by molar-refractivity contribution is 0.282. The van der Waals surface area contributed by atoms with Gasteiger partial charge < -0.3 is 10.2 Å². The first-order valence-electron chi connectivity index (χ1n) is 6.50. The van der Waals surface area contributed by atoms with Gasteiger partial charge >= 0.3 is 0 Å². The van der Waals surface area contributed by atoms with Gasteiger partial charge in [-0.3, -0.25) is 4.98 Å². The van der Waals surface area contributed by atoms with Crippen LogP contribution in [0, 0.1) is 12.8 Å². The minimum atomic E-state index is 0.559. The Morgan fingerprint density at radius 2 is 2.18 bits per heavy atom. The second-order valence-electron chi connectivity index (χ2n) is 5.08. The summed E-state index contributed by atoms with van der Waals surface area (Å²) in [5, 5.41) is 3.43. The van der Waals surface area contributed by atoms with E-state index in [-0.39, 0.29) is 0 Å². The predicted molar refractivity (Wildman–Crippen MR) is 72.4 cm³/mol. The highest BCUT2D eigenvalue weighted by atomic mass is 15.2. The van der Waals surface area contributed by atoms with Crippen molar-refractivity contribution in [3.05, 3.63) is 24.0 Å². The Bertz CT molecular complexity index is 377. The Balaban J connectivity index is 2.21. The number of rotatable bonds is 2. The molecule has 1 N–H and O–H groups in total. The van der Waals surface area contributed by atoms with E-state index in [0.29, 0.717) is 18.0 Å². The lowest BCUT2D eigenvalue weighted by atomic mass is 9.86. The molecule has 0 amide bonds. The molecule has 1 aliphatic heterocycles. The Morgan fingerprint density at radius 3 is 2.82 bits per heavy atom. The Kier molecular flexibility index (Phi) is 3.67. The Hall–Kier alpha value is -1.09. The zero-order chi connectivity index (χ0) is 12.4. The molecular formula is C14H23N3. The summed E-state index contributed by atoms with van der Waals surface area (Å²) in [5.41, 5.74) is 2.43. The number of anilines is 1. The summed E-state index contributed by atoms with van der Waals surface area (Å²) in [4.78, 5) is 6.90. The minimum absolute atomic E-state index is 0.559. The van der Waals surface area contributed by atoms with E-state index in [1.807, 2.05) is 12.3 Å². The third-order valence-corrected chi connectivity index (χ3v) is 4.23. The van der Waals surface area contributed by atoms with Gasteiger partial charge in [0, 0.05) is 24.8 Å². The van der Waals surface area contributed by atoms with Crippen LogP contribution in [0.1, 0.15) is 26.0 Å². The average Bonchev–Trinajstić information content (AvgIpc) is 2.34. The zero-order valence-electron chi connectivity index (χ0n) is 11.3. The highest BCUT2D eigenvalue weighted by Crippen LogP contribution is 2.29. The van der Waals surface area contributed by atoms with Gasteiger partial charge in [-0.2, -0.15) is 0 Å². The van der Waals surface area contributed by atoms with Crippen molar-refractivity contribution in [1.82, 2.24) is 10.3 Å². The Morgan fingerprint density at radius 1 is 1.41 bits per heavy atom. The van der Waals surface area contributed by atoms with Crippen molar-refractivity contribution in [2.45, 2.75) is 39.3 Å².